The van der Waals surface area contributed by atoms with E-state index in [0.29, 0.717) is 23.0 Å². The van der Waals surface area contributed by atoms with Crippen LogP contribution in [-0.4, -0.2) is 15.3 Å². The van der Waals surface area contributed by atoms with Gasteiger partial charge in [-0.15, -0.1) is 0 Å². The van der Waals surface area contributed by atoms with Gasteiger partial charge in [0.15, 0.2) is 23.0 Å². The predicted octanol–water partition coefficient (Wildman–Crippen LogP) is 6.38. The van der Waals surface area contributed by atoms with Gasteiger partial charge < -0.3 is 24.2 Å². The molecule has 30 heavy (non-hydrogen) atoms. The van der Waals surface area contributed by atoms with Gasteiger partial charge >= 0.3 is 0 Å². The summed E-state index contributed by atoms with van der Waals surface area (Å²) >= 11 is 0. The van der Waals surface area contributed by atoms with Crippen LogP contribution in [0.2, 0.25) is 0 Å². The highest BCUT2D eigenvalue weighted by Crippen LogP contribution is 2.47. The minimum absolute atomic E-state index is 0.00588. The second kappa shape index (κ2) is 7.15. The normalized spacial score (nSPS) is 12.7. The van der Waals surface area contributed by atoms with Crippen molar-refractivity contribution < 1.29 is 24.2 Å². The molecule has 0 fully saturated rings. The highest BCUT2D eigenvalue weighted by Gasteiger charge is 2.34. The Morgan fingerprint density at radius 2 is 1.03 bits per heavy atom. The van der Waals surface area contributed by atoms with Crippen LogP contribution >= 0.6 is 0 Å². The van der Waals surface area contributed by atoms with E-state index in [-0.39, 0.29) is 28.1 Å². The minimum atomic E-state index is -0.671. The maximum Gasteiger partial charge on any atom is 0.160 e. The van der Waals surface area contributed by atoms with Crippen LogP contribution in [0, 0.1) is 13.8 Å². The molecule has 2 heterocycles. The zero-order valence-electron chi connectivity index (χ0n) is 19.0. The Bertz CT molecular complexity index is 989. The third kappa shape index (κ3) is 3.93. The van der Waals surface area contributed by atoms with E-state index in [1.807, 2.05) is 53.7 Å². The summed E-state index contributed by atoms with van der Waals surface area (Å²) in [5.74, 6) is 1.28. The standard InChI is InChI=1S/C25H32O5/c1-13-9-18(26)22(29-13)20(23-19(27)10-14(2)30-23)15-11-16(24(3,4)5)21(28)17(12-15)25(6,7)8/h9-12,20,26-28H,1-8H3. The molecule has 3 N–H and O–H groups in total. The second-order valence-electron chi connectivity index (χ2n) is 10.1. The van der Waals surface area contributed by atoms with Crippen LogP contribution in [0.4, 0.5) is 0 Å². The van der Waals surface area contributed by atoms with E-state index in [0.717, 1.165) is 16.7 Å². The molecule has 0 amide bonds. The van der Waals surface area contributed by atoms with Crippen LogP contribution in [0.1, 0.15) is 87.2 Å². The minimum Gasteiger partial charge on any atom is -0.507 e. The van der Waals surface area contributed by atoms with Crippen molar-refractivity contribution in [1.82, 2.24) is 0 Å². The molecule has 0 unspecified atom stereocenters. The quantitative estimate of drug-likeness (QED) is 0.464. The van der Waals surface area contributed by atoms with Crippen molar-refractivity contribution in [1.29, 1.82) is 0 Å². The Hall–Kier alpha value is -2.82. The van der Waals surface area contributed by atoms with Crippen LogP contribution in [0.5, 0.6) is 17.2 Å². The molecule has 0 saturated carbocycles. The first-order valence-electron chi connectivity index (χ1n) is 10.2. The lowest BCUT2D eigenvalue weighted by Crippen LogP contribution is -2.19. The molecule has 0 radical (unpaired) electrons. The zero-order chi connectivity index (χ0) is 22.6. The second-order valence-corrected chi connectivity index (χ2v) is 10.1. The zero-order valence-corrected chi connectivity index (χ0v) is 19.0. The number of phenolic OH excluding ortho intramolecular Hbond substituents is 1. The van der Waals surface area contributed by atoms with Gasteiger partial charge in [0, 0.05) is 12.1 Å². The van der Waals surface area contributed by atoms with E-state index in [1.54, 1.807) is 26.0 Å². The fraction of sp³-hybridized carbons (Fsp3) is 0.440. The summed E-state index contributed by atoms with van der Waals surface area (Å²) in [5.41, 5.74) is 1.66. The van der Waals surface area contributed by atoms with Gasteiger partial charge in [-0.05, 0) is 41.4 Å². The van der Waals surface area contributed by atoms with Crippen LogP contribution in [0.3, 0.4) is 0 Å². The lowest BCUT2D eigenvalue weighted by atomic mass is 9.76. The summed E-state index contributed by atoms with van der Waals surface area (Å²) in [5, 5.41) is 32.2. The third-order valence-electron chi connectivity index (χ3n) is 5.33. The van der Waals surface area contributed by atoms with Crippen molar-refractivity contribution in [3.8, 4) is 17.2 Å². The predicted molar refractivity (Wildman–Crippen MR) is 117 cm³/mol. The molecule has 3 rings (SSSR count). The molecule has 0 aliphatic heterocycles. The summed E-state index contributed by atoms with van der Waals surface area (Å²) in [6.07, 6.45) is 0. The topological polar surface area (TPSA) is 87.0 Å². The monoisotopic (exact) mass is 412 g/mol. The molecule has 0 aliphatic carbocycles. The SMILES string of the molecule is Cc1cc(O)c(C(c2cc(C(C)(C)C)c(O)c(C(C)(C)C)c2)c2oc(C)cc2O)o1. The van der Waals surface area contributed by atoms with E-state index in [4.69, 9.17) is 8.83 Å². The Kier molecular flexibility index (Phi) is 5.21. The number of hydrogen-bond acceptors (Lipinski definition) is 5. The van der Waals surface area contributed by atoms with Crippen molar-refractivity contribution in [2.45, 2.75) is 72.1 Å². The first-order chi connectivity index (χ1) is 13.7. The molecule has 0 spiro atoms. The van der Waals surface area contributed by atoms with Gasteiger partial charge in [-0.1, -0.05) is 53.7 Å². The average Bonchev–Trinajstić information content (AvgIpc) is 3.08. The number of furan rings is 2. The van der Waals surface area contributed by atoms with Crippen molar-refractivity contribution >= 4 is 0 Å². The van der Waals surface area contributed by atoms with Crippen molar-refractivity contribution in [2.75, 3.05) is 0 Å². The highest BCUT2D eigenvalue weighted by atomic mass is 16.4. The Morgan fingerprint density at radius 1 is 0.667 bits per heavy atom. The maximum atomic E-state index is 11.1. The van der Waals surface area contributed by atoms with E-state index < -0.39 is 5.92 Å². The number of rotatable bonds is 3. The fourth-order valence-corrected chi connectivity index (χ4v) is 3.84. The number of hydrogen-bond donors (Lipinski definition) is 3. The highest BCUT2D eigenvalue weighted by molar-refractivity contribution is 5.55. The molecule has 2 aromatic heterocycles. The van der Waals surface area contributed by atoms with Crippen molar-refractivity contribution in [3.63, 3.8) is 0 Å². The van der Waals surface area contributed by atoms with Gasteiger partial charge in [-0.3, -0.25) is 0 Å². The summed E-state index contributed by atoms with van der Waals surface area (Å²) < 4.78 is 11.7. The summed E-state index contributed by atoms with van der Waals surface area (Å²) in [7, 11) is 0. The maximum absolute atomic E-state index is 11.1. The van der Waals surface area contributed by atoms with E-state index in [9.17, 15) is 15.3 Å². The lowest BCUT2D eigenvalue weighted by molar-refractivity contribution is 0.378. The van der Waals surface area contributed by atoms with E-state index >= 15 is 0 Å². The fourth-order valence-electron chi connectivity index (χ4n) is 3.84. The van der Waals surface area contributed by atoms with Gasteiger partial charge in [0.2, 0.25) is 0 Å². The van der Waals surface area contributed by atoms with Gasteiger partial charge in [-0.25, -0.2) is 0 Å². The van der Waals surface area contributed by atoms with Crippen LogP contribution in [-0.2, 0) is 10.8 Å². The largest absolute Gasteiger partial charge is 0.507 e. The van der Waals surface area contributed by atoms with Crippen LogP contribution in [0.25, 0.3) is 0 Å². The molecule has 3 aromatic rings. The number of aryl methyl sites for hydroxylation is 2. The average molecular weight is 413 g/mol. The molecule has 0 atom stereocenters. The summed E-state index contributed by atoms with van der Waals surface area (Å²) in [6.45, 7) is 15.7. The van der Waals surface area contributed by atoms with Crippen molar-refractivity contribution in [2.24, 2.45) is 0 Å². The molecule has 0 bridgehead atoms. The molecule has 0 aliphatic rings. The van der Waals surface area contributed by atoms with Gasteiger partial charge in [-0.2, -0.15) is 0 Å². The van der Waals surface area contributed by atoms with Crippen LogP contribution in [0.15, 0.2) is 33.1 Å². The first-order valence-corrected chi connectivity index (χ1v) is 10.2. The number of phenols is 1. The van der Waals surface area contributed by atoms with E-state index in [2.05, 4.69) is 0 Å². The van der Waals surface area contributed by atoms with Gasteiger partial charge in [0.25, 0.3) is 0 Å². The molecule has 5 nitrogen and oxygen atoms in total. The van der Waals surface area contributed by atoms with Crippen molar-refractivity contribution in [3.05, 3.63) is 64.0 Å². The van der Waals surface area contributed by atoms with Gasteiger partial charge in [0.1, 0.15) is 23.2 Å². The Labute approximate surface area is 178 Å². The summed E-state index contributed by atoms with van der Waals surface area (Å²) in [6, 6.07) is 6.91. The van der Waals surface area contributed by atoms with E-state index in [1.165, 1.54) is 0 Å². The molecule has 1 aromatic carbocycles. The first kappa shape index (κ1) is 21.9. The number of aromatic hydroxyl groups is 3. The molecule has 0 saturated heterocycles. The molecular formula is C25H32O5. The third-order valence-corrected chi connectivity index (χ3v) is 5.33. The summed E-state index contributed by atoms with van der Waals surface area (Å²) in [4.78, 5) is 0. The smallest absolute Gasteiger partial charge is 0.160 e. The molecule has 5 heteroatoms. The Morgan fingerprint density at radius 3 is 1.30 bits per heavy atom. The molecule has 162 valence electrons. The van der Waals surface area contributed by atoms with Gasteiger partial charge in [0.05, 0.1) is 0 Å². The lowest BCUT2D eigenvalue weighted by Gasteiger charge is -2.29. The Balaban J connectivity index is 2.39. The number of benzene rings is 1. The van der Waals surface area contributed by atoms with Crippen LogP contribution < -0.4 is 0 Å². The molecular weight excluding hydrogens is 380 g/mol.